The van der Waals surface area contributed by atoms with E-state index >= 15 is 0 Å². The van der Waals surface area contributed by atoms with Crippen molar-refractivity contribution in [2.75, 3.05) is 0 Å². The minimum atomic E-state index is 0.198. The van der Waals surface area contributed by atoms with E-state index in [4.69, 9.17) is 5.10 Å². The fraction of sp³-hybridized carbons (Fsp3) is 0.440. The van der Waals surface area contributed by atoms with Crippen molar-refractivity contribution in [1.29, 1.82) is 0 Å². The van der Waals surface area contributed by atoms with Crippen molar-refractivity contribution in [3.8, 4) is 5.75 Å². The molecule has 0 aromatic heterocycles. The summed E-state index contributed by atoms with van der Waals surface area (Å²) in [4.78, 5) is 0. The summed E-state index contributed by atoms with van der Waals surface area (Å²) >= 11 is 0. The lowest BCUT2D eigenvalue weighted by molar-refractivity contribution is 0.0955. The number of phenols is 1. The first-order chi connectivity index (χ1) is 13.6. The highest BCUT2D eigenvalue weighted by molar-refractivity contribution is 5.93. The van der Waals surface area contributed by atoms with Crippen molar-refractivity contribution in [1.82, 2.24) is 0 Å². The molecule has 0 amide bonds. The predicted octanol–water partition coefficient (Wildman–Crippen LogP) is 5.72. The first kappa shape index (κ1) is 17.7. The number of benzene rings is 2. The zero-order chi connectivity index (χ0) is 19.1. The van der Waals surface area contributed by atoms with Crippen LogP contribution in [0.2, 0.25) is 0 Å². The Balaban J connectivity index is 1.39. The molecule has 0 heterocycles. The van der Waals surface area contributed by atoms with Crippen LogP contribution in [0.1, 0.15) is 61.6 Å². The van der Waals surface area contributed by atoms with Crippen LogP contribution in [0.15, 0.2) is 58.7 Å². The molecule has 1 N–H and O–H groups in total. The van der Waals surface area contributed by atoms with E-state index in [1.54, 1.807) is 0 Å². The van der Waals surface area contributed by atoms with E-state index in [1.165, 1.54) is 42.5 Å². The highest BCUT2D eigenvalue weighted by atomic mass is 16.3. The Labute approximate surface area is 167 Å². The predicted molar refractivity (Wildman–Crippen MR) is 114 cm³/mol. The number of hydrogen-bond acceptors (Lipinski definition) is 3. The Morgan fingerprint density at radius 3 is 2.75 bits per heavy atom. The molecule has 0 aliphatic heterocycles. The standard InChI is InChI=1S/C25H28N2O/c1-25-14-13-21-20-10-8-19(28)15-18(20)7-9-22(21)23(25)11-12-24(25)27-26-16-17-5-3-2-4-6-17/h2-6,8,10,15-16,21-23,28H,7,9,11-14H2,1H3/b26-16+,27-24-. The smallest absolute Gasteiger partial charge is 0.115 e. The minimum absolute atomic E-state index is 0.198. The first-order valence-electron chi connectivity index (χ1n) is 10.6. The van der Waals surface area contributed by atoms with Crippen molar-refractivity contribution in [3.63, 3.8) is 0 Å². The van der Waals surface area contributed by atoms with Gasteiger partial charge in [0.2, 0.25) is 0 Å². The summed E-state index contributed by atoms with van der Waals surface area (Å²) in [5.74, 6) is 2.50. The van der Waals surface area contributed by atoms with Gasteiger partial charge in [0.15, 0.2) is 0 Å². The van der Waals surface area contributed by atoms with Crippen molar-refractivity contribution < 1.29 is 5.11 Å². The second kappa shape index (κ2) is 6.88. The summed E-state index contributed by atoms with van der Waals surface area (Å²) in [6, 6.07) is 16.2. The molecule has 3 aliphatic rings. The number of nitrogens with zero attached hydrogens (tertiary/aromatic N) is 2. The SMILES string of the molecule is CC12CCC3c4ccc(O)cc4CCC3C1CC/C2=N/N=C/c1ccccc1. The quantitative estimate of drug-likeness (QED) is 0.531. The summed E-state index contributed by atoms with van der Waals surface area (Å²) in [6.07, 6.45) is 8.94. The monoisotopic (exact) mass is 372 g/mol. The van der Waals surface area contributed by atoms with Gasteiger partial charge in [-0.1, -0.05) is 43.3 Å². The Bertz CT molecular complexity index is 933. The molecule has 144 valence electrons. The molecule has 4 unspecified atom stereocenters. The third-order valence-corrected chi connectivity index (χ3v) is 7.64. The van der Waals surface area contributed by atoms with Crippen molar-refractivity contribution in [3.05, 3.63) is 65.2 Å². The summed E-state index contributed by atoms with van der Waals surface area (Å²) in [5.41, 5.74) is 5.46. The Kier molecular flexibility index (Phi) is 4.34. The van der Waals surface area contributed by atoms with Crippen LogP contribution >= 0.6 is 0 Å². The molecule has 3 heteroatoms. The van der Waals surface area contributed by atoms with Gasteiger partial charge in [0.05, 0.1) is 6.21 Å². The fourth-order valence-electron chi connectivity index (χ4n) is 6.23. The van der Waals surface area contributed by atoms with E-state index in [0.29, 0.717) is 17.6 Å². The number of aryl methyl sites for hydroxylation is 1. The molecule has 2 saturated carbocycles. The van der Waals surface area contributed by atoms with Crippen LogP contribution in [-0.2, 0) is 6.42 Å². The van der Waals surface area contributed by atoms with Gasteiger partial charge in [0, 0.05) is 11.1 Å². The van der Waals surface area contributed by atoms with E-state index in [9.17, 15) is 5.11 Å². The van der Waals surface area contributed by atoms with Crippen molar-refractivity contribution in [2.24, 2.45) is 27.5 Å². The number of fused-ring (bicyclic) bond motifs is 5. The summed E-state index contributed by atoms with van der Waals surface area (Å²) in [6.45, 7) is 2.43. The molecule has 0 spiro atoms. The molecular formula is C25H28N2O. The van der Waals surface area contributed by atoms with E-state index in [2.05, 4.69) is 30.2 Å². The van der Waals surface area contributed by atoms with Crippen LogP contribution in [0.3, 0.4) is 0 Å². The summed E-state index contributed by atoms with van der Waals surface area (Å²) in [7, 11) is 0. The van der Waals surface area contributed by atoms with E-state index in [1.807, 2.05) is 36.5 Å². The van der Waals surface area contributed by atoms with Crippen molar-refractivity contribution in [2.45, 2.75) is 51.4 Å². The average Bonchev–Trinajstić information content (AvgIpc) is 3.05. The molecule has 0 bridgehead atoms. The van der Waals surface area contributed by atoms with Gasteiger partial charge >= 0.3 is 0 Å². The zero-order valence-electron chi connectivity index (χ0n) is 16.5. The highest BCUT2D eigenvalue weighted by Gasteiger charge is 2.53. The topological polar surface area (TPSA) is 45.0 Å². The molecule has 4 atom stereocenters. The van der Waals surface area contributed by atoms with Crippen LogP contribution < -0.4 is 0 Å². The van der Waals surface area contributed by atoms with Gasteiger partial charge in [-0.25, -0.2) is 0 Å². The molecule has 2 aromatic carbocycles. The minimum Gasteiger partial charge on any atom is -0.508 e. The number of aromatic hydroxyl groups is 1. The lowest BCUT2D eigenvalue weighted by Gasteiger charge is -2.49. The Morgan fingerprint density at radius 1 is 1.04 bits per heavy atom. The largest absolute Gasteiger partial charge is 0.508 e. The molecule has 28 heavy (non-hydrogen) atoms. The molecule has 2 fully saturated rings. The Morgan fingerprint density at radius 2 is 1.89 bits per heavy atom. The lowest BCUT2D eigenvalue weighted by atomic mass is 9.55. The van der Waals surface area contributed by atoms with Crippen LogP contribution in [0.25, 0.3) is 0 Å². The molecule has 3 aliphatic carbocycles. The van der Waals surface area contributed by atoms with Gasteiger partial charge in [-0.15, -0.1) is 0 Å². The van der Waals surface area contributed by atoms with Gasteiger partial charge in [-0.05, 0) is 85.1 Å². The number of hydrogen-bond donors (Lipinski definition) is 1. The summed E-state index contributed by atoms with van der Waals surface area (Å²) in [5, 5.41) is 19.0. The lowest BCUT2D eigenvalue weighted by Crippen LogP contribution is -2.42. The van der Waals surface area contributed by atoms with Gasteiger partial charge < -0.3 is 5.11 Å². The molecule has 0 saturated heterocycles. The van der Waals surface area contributed by atoms with Gasteiger partial charge in [0.1, 0.15) is 5.75 Å². The molecule has 0 radical (unpaired) electrons. The first-order valence-corrected chi connectivity index (χ1v) is 10.6. The fourth-order valence-corrected chi connectivity index (χ4v) is 6.23. The average molecular weight is 373 g/mol. The van der Waals surface area contributed by atoms with E-state index in [-0.39, 0.29) is 5.41 Å². The highest BCUT2D eigenvalue weighted by Crippen LogP contribution is 2.60. The van der Waals surface area contributed by atoms with Crippen LogP contribution in [0, 0.1) is 17.3 Å². The van der Waals surface area contributed by atoms with Crippen LogP contribution in [0.5, 0.6) is 5.75 Å². The zero-order valence-corrected chi connectivity index (χ0v) is 16.5. The molecule has 5 rings (SSSR count). The van der Waals surface area contributed by atoms with Crippen LogP contribution in [0.4, 0.5) is 0 Å². The van der Waals surface area contributed by atoms with Crippen LogP contribution in [-0.4, -0.2) is 17.0 Å². The second-order valence-electron chi connectivity index (χ2n) is 9.00. The third kappa shape index (κ3) is 2.88. The second-order valence-corrected chi connectivity index (χ2v) is 9.00. The van der Waals surface area contributed by atoms with Gasteiger partial charge in [-0.2, -0.15) is 10.2 Å². The molecule has 3 nitrogen and oxygen atoms in total. The molecular weight excluding hydrogens is 344 g/mol. The van der Waals surface area contributed by atoms with E-state index in [0.717, 1.165) is 24.3 Å². The van der Waals surface area contributed by atoms with Gasteiger partial charge in [-0.3, -0.25) is 0 Å². The molecule has 2 aromatic rings. The number of rotatable bonds is 2. The maximum atomic E-state index is 9.85. The number of phenolic OH excluding ortho intramolecular Hbond substituents is 1. The van der Waals surface area contributed by atoms with E-state index < -0.39 is 0 Å². The normalized spacial score (nSPS) is 32.9. The maximum Gasteiger partial charge on any atom is 0.115 e. The van der Waals surface area contributed by atoms with Gasteiger partial charge in [0.25, 0.3) is 0 Å². The third-order valence-electron chi connectivity index (χ3n) is 7.64. The van der Waals surface area contributed by atoms with Crippen molar-refractivity contribution >= 4 is 11.9 Å². The summed E-state index contributed by atoms with van der Waals surface area (Å²) < 4.78 is 0. The maximum absolute atomic E-state index is 9.85. The Hall–Kier alpha value is -2.42.